The lowest BCUT2D eigenvalue weighted by Gasteiger charge is -2.27. The number of carboxylic acid groups (broad SMARTS) is 1. The van der Waals surface area contributed by atoms with E-state index in [0.717, 1.165) is 5.56 Å². The van der Waals surface area contributed by atoms with Crippen molar-refractivity contribution in [2.75, 3.05) is 13.2 Å². The van der Waals surface area contributed by atoms with Crippen molar-refractivity contribution in [3.05, 3.63) is 54.1 Å². The molecule has 0 aliphatic carbocycles. The fraction of sp³-hybridized carbons (Fsp3) is 0.368. The highest BCUT2D eigenvalue weighted by Gasteiger charge is 2.29. The summed E-state index contributed by atoms with van der Waals surface area (Å²) in [6.07, 6.45) is 6.40. The molecule has 0 saturated carbocycles. The normalized spacial score (nSPS) is 18.5. The van der Waals surface area contributed by atoms with Crippen LogP contribution in [0.25, 0.3) is 0 Å². The van der Waals surface area contributed by atoms with Gasteiger partial charge in [0.15, 0.2) is 0 Å². The minimum atomic E-state index is -0.992. The van der Waals surface area contributed by atoms with Gasteiger partial charge in [-0.2, -0.15) is 0 Å². The van der Waals surface area contributed by atoms with Crippen LogP contribution in [0.5, 0.6) is 5.75 Å². The molecule has 0 spiro atoms. The molecule has 1 aromatic carbocycles. The fourth-order valence-electron chi connectivity index (χ4n) is 2.86. The largest absolute Gasteiger partial charge is 0.492 e. The van der Waals surface area contributed by atoms with E-state index in [2.05, 4.69) is 0 Å². The number of hydrogen-bond acceptors (Lipinski definition) is 5. The molecule has 0 fully saturated rings. The van der Waals surface area contributed by atoms with Crippen molar-refractivity contribution in [1.29, 1.82) is 0 Å². The van der Waals surface area contributed by atoms with Crippen LogP contribution >= 0.6 is 0 Å². The Balaban J connectivity index is 1.64. The Bertz CT molecular complexity index is 765. The number of carboxylic acids is 1. The Kier molecular flexibility index (Phi) is 4.63. The molecule has 0 saturated heterocycles. The molecule has 0 bridgehead atoms. The molecule has 1 amide bonds. The number of hydrogen-bond donors (Lipinski definition) is 1. The molecule has 0 aromatic heterocycles. The number of ether oxygens (including phenoxy) is 2. The highest BCUT2D eigenvalue weighted by molar-refractivity contribution is 5.91. The maximum atomic E-state index is 12.0. The predicted molar refractivity (Wildman–Crippen MR) is 94.7 cm³/mol. The van der Waals surface area contributed by atoms with Gasteiger partial charge in [-0.1, -0.05) is 12.1 Å². The van der Waals surface area contributed by atoms with Crippen LogP contribution in [0.2, 0.25) is 0 Å². The summed E-state index contributed by atoms with van der Waals surface area (Å²) >= 11 is 0. The van der Waals surface area contributed by atoms with Crippen LogP contribution in [0.3, 0.4) is 0 Å². The lowest BCUT2D eigenvalue weighted by atomic mass is 9.98. The summed E-state index contributed by atoms with van der Waals surface area (Å²) in [6, 6.07) is 5.17. The van der Waals surface area contributed by atoms with E-state index in [1.54, 1.807) is 36.9 Å². The van der Waals surface area contributed by atoms with Gasteiger partial charge < -0.3 is 19.5 Å². The Hall–Kier alpha value is -2.96. The number of para-hydroxylation sites is 1. The van der Waals surface area contributed by atoms with Gasteiger partial charge in [-0.25, -0.2) is 9.59 Å². The van der Waals surface area contributed by atoms with Crippen molar-refractivity contribution < 1.29 is 24.2 Å². The van der Waals surface area contributed by atoms with Gasteiger partial charge in [-0.3, -0.25) is 4.90 Å². The summed E-state index contributed by atoms with van der Waals surface area (Å²) in [7, 11) is 0. The van der Waals surface area contributed by atoms with Gasteiger partial charge in [0.1, 0.15) is 16.9 Å². The van der Waals surface area contributed by atoms with Crippen LogP contribution in [0.1, 0.15) is 42.6 Å². The number of benzene rings is 1. The maximum Gasteiger partial charge on any atom is 0.418 e. The number of nitrogens with zero attached hydrogens (tertiary/aromatic N) is 2. The topological polar surface area (TPSA) is 79.3 Å². The second kappa shape index (κ2) is 6.74. The molecule has 1 atom stereocenters. The van der Waals surface area contributed by atoms with Crippen molar-refractivity contribution in [3.63, 3.8) is 0 Å². The molecule has 7 nitrogen and oxygen atoms in total. The van der Waals surface area contributed by atoms with Crippen LogP contribution in [-0.4, -0.2) is 45.7 Å². The molecule has 2 aliphatic heterocycles. The second-order valence-corrected chi connectivity index (χ2v) is 7.22. The van der Waals surface area contributed by atoms with Crippen LogP contribution in [0.15, 0.2) is 43.0 Å². The standard InChI is InChI=1S/C19H22N2O5/c1-19(2,3)26-18(24)21-9-7-20(8-10-21)11-13-12-25-16-14(13)5-4-6-15(16)17(22)23/h4-10,13H,11-12H2,1-3H3,(H,22,23). The number of aromatic carboxylic acids is 1. The monoisotopic (exact) mass is 358 g/mol. The number of rotatable bonds is 3. The Morgan fingerprint density at radius 3 is 2.54 bits per heavy atom. The minimum absolute atomic E-state index is 0.0478. The van der Waals surface area contributed by atoms with Gasteiger partial charge in [0.05, 0.1) is 6.61 Å². The van der Waals surface area contributed by atoms with E-state index in [-0.39, 0.29) is 11.5 Å². The first-order valence-electron chi connectivity index (χ1n) is 8.37. The SMILES string of the molecule is CC(C)(C)OC(=O)N1C=CN(CC2COc3c(C(=O)O)cccc32)C=C1. The van der Waals surface area contributed by atoms with E-state index in [1.165, 1.54) is 4.90 Å². The Morgan fingerprint density at radius 1 is 1.23 bits per heavy atom. The van der Waals surface area contributed by atoms with Crippen molar-refractivity contribution in [2.45, 2.75) is 32.3 Å². The number of carbonyl (C=O) groups is 2. The van der Waals surface area contributed by atoms with Crippen LogP contribution in [-0.2, 0) is 4.74 Å². The summed E-state index contributed by atoms with van der Waals surface area (Å²) in [5, 5.41) is 9.26. The zero-order valence-corrected chi connectivity index (χ0v) is 15.0. The Labute approximate surface area is 152 Å². The second-order valence-electron chi connectivity index (χ2n) is 7.22. The molecule has 26 heavy (non-hydrogen) atoms. The number of fused-ring (bicyclic) bond motifs is 1. The van der Waals surface area contributed by atoms with Crippen LogP contribution in [0.4, 0.5) is 4.79 Å². The number of carbonyl (C=O) groups excluding carboxylic acids is 1. The smallest absolute Gasteiger partial charge is 0.418 e. The zero-order chi connectivity index (χ0) is 18.9. The third kappa shape index (κ3) is 3.82. The van der Waals surface area contributed by atoms with E-state index in [1.807, 2.05) is 31.7 Å². The fourth-order valence-corrected chi connectivity index (χ4v) is 2.86. The van der Waals surface area contributed by atoms with Crippen molar-refractivity contribution in [3.8, 4) is 5.75 Å². The quantitative estimate of drug-likeness (QED) is 0.893. The van der Waals surface area contributed by atoms with Gasteiger partial charge in [0.2, 0.25) is 0 Å². The van der Waals surface area contributed by atoms with E-state index in [4.69, 9.17) is 9.47 Å². The first-order chi connectivity index (χ1) is 12.2. The van der Waals surface area contributed by atoms with Gasteiger partial charge in [-0.15, -0.1) is 0 Å². The highest BCUT2D eigenvalue weighted by Crippen LogP contribution is 2.37. The molecule has 138 valence electrons. The van der Waals surface area contributed by atoms with E-state index >= 15 is 0 Å². The third-order valence-corrected chi connectivity index (χ3v) is 4.02. The predicted octanol–water partition coefficient (Wildman–Crippen LogP) is 3.36. The molecule has 1 aromatic rings. The molecule has 7 heteroatoms. The molecule has 1 unspecified atom stereocenters. The highest BCUT2D eigenvalue weighted by atomic mass is 16.6. The summed E-state index contributed by atoms with van der Waals surface area (Å²) in [5.41, 5.74) is 0.523. The van der Waals surface area contributed by atoms with Gasteiger partial charge in [-0.05, 0) is 26.8 Å². The van der Waals surface area contributed by atoms with Gasteiger partial charge >= 0.3 is 12.1 Å². The van der Waals surface area contributed by atoms with Gasteiger partial charge in [0, 0.05) is 42.8 Å². The molecule has 0 radical (unpaired) electrons. The minimum Gasteiger partial charge on any atom is -0.492 e. The summed E-state index contributed by atoms with van der Waals surface area (Å²) in [6.45, 7) is 6.49. The van der Waals surface area contributed by atoms with Gasteiger partial charge in [0.25, 0.3) is 0 Å². The van der Waals surface area contributed by atoms with E-state index in [9.17, 15) is 14.7 Å². The maximum absolute atomic E-state index is 12.0. The van der Waals surface area contributed by atoms with Crippen molar-refractivity contribution >= 4 is 12.1 Å². The van der Waals surface area contributed by atoms with Crippen LogP contribution < -0.4 is 4.74 Å². The molecular formula is C19H22N2O5. The molecular weight excluding hydrogens is 336 g/mol. The third-order valence-electron chi connectivity index (χ3n) is 4.02. The summed E-state index contributed by atoms with van der Waals surface area (Å²) in [5.74, 6) is -0.495. The molecule has 2 heterocycles. The van der Waals surface area contributed by atoms with E-state index in [0.29, 0.717) is 18.9 Å². The van der Waals surface area contributed by atoms with Crippen LogP contribution in [0, 0.1) is 0 Å². The first-order valence-corrected chi connectivity index (χ1v) is 8.37. The molecule has 2 aliphatic rings. The molecule has 3 rings (SSSR count). The first kappa shape index (κ1) is 17.8. The van der Waals surface area contributed by atoms with Crippen molar-refractivity contribution in [2.24, 2.45) is 0 Å². The lowest BCUT2D eigenvalue weighted by molar-refractivity contribution is 0.0392. The van der Waals surface area contributed by atoms with E-state index < -0.39 is 17.7 Å². The Morgan fingerprint density at radius 2 is 1.92 bits per heavy atom. The summed E-state index contributed by atoms with van der Waals surface area (Å²) < 4.78 is 10.9. The average Bonchev–Trinajstić information content (AvgIpc) is 2.97. The molecule has 1 N–H and O–H groups in total. The zero-order valence-electron chi connectivity index (χ0n) is 15.0. The average molecular weight is 358 g/mol. The lowest BCUT2D eigenvalue weighted by Crippen LogP contribution is -2.33. The summed E-state index contributed by atoms with van der Waals surface area (Å²) in [4.78, 5) is 26.6. The van der Waals surface area contributed by atoms with Crippen molar-refractivity contribution in [1.82, 2.24) is 9.80 Å². The number of amides is 1.